The van der Waals surface area contributed by atoms with Crippen molar-refractivity contribution in [3.05, 3.63) is 46.6 Å². The summed E-state index contributed by atoms with van der Waals surface area (Å²) in [5.74, 6) is -0.234. The first-order valence-electron chi connectivity index (χ1n) is 8.39. The predicted octanol–water partition coefficient (Wildman–Crippen LogP) is 2.04. The number of thiazole rings is 1. The number of nitrogens with zero attached hydrogens (tertiary/aromatic N) is 3. The van der Waals surface area contributed by atoms with Crippen molar-refractivity contribution in [2.45, 2.75) is 13.0 Å². The largest absolute Gasteiger partial charge is 0.361 e. The molecule has 0 saturated carbocycles. The second-order valence-corrected chi connectivity index (χ2v) is 9.72. The second kappa shape index (κ2) is 6.71. The number of aromatic amines is 1. The molecule has 0 bridgehead atoms. The molecule has 0 radical (unpaired) electrons. The monoisotopic (exact) mass is 405 g/mol. The zero-order valence-corrected chi connectivity index (χ0v) is 16.5. The Morgan fingerprint density at radius 2 is 2.15 bits per heavy atom. The van der Waals surface area contributed by atoms with Gasteiger partial charge in [-0.15, -0.1) is 11.3 Å². The molecule has 1 aromatic carbocycles. The van der Waals surface area contributed by atoms with Gasteiger partial charge in [0.05, 0.1) is 12.2 Å². The summed E-state index contributed by atoms with van der Waals surface area (Å²) >= 11 is 1.32. The first kappa shape index (κ1) is 18.1. The highest BCUT2D eigenvalue weighted by molar-refractivity contribution is 7.86. The summed E-state index contributed by atoms with van der Waals surface area (Å²) in [5.41, 5.74) is 2.37. The summed E-state index contributed by atoms with van der Waals surface area (Å²) in [4.78, 5) is 21.0. The van der Waals surface area contributed by atoms with Gasteiger partial charge >= 0.3 is 0 Å². The fraction of sp³-hybridized carbons (Fsp3) is 0.294. The van der Waals surface area contributed by atoms with Crippen molar-refractivity contribution in [1.82, 2.24) is 18.6 Å². The van der Waals surface area contributed by atoms with Gasteiger partial charge in [-0.3, -0.25) is 10.1 Å². The molecule has 4 rings (SSSR count). The van der Waals surface area contributed by atoms with Crippen LogP contribution in [0, 0.1) is 0 Å². The lowest BCUT2D eigenvalue weighted by Gasteiger charge is -2.27. The van der Waals surface area contributed by atoms with Crippen LogP contribution in [0.3, 0.4) is 0 Å². The van der Waals surface area contributed by atoms with Crippen molar-refractivity contribution in [2.75, 3.05) is 26.0 Å². The van der Waals surface area contributed by atoms with Crippen LogP contribution in [-0.4, -0.2) is 53.5 Å². The van der Waals surface area contributed by atoms with Gasteiger partial charge in [-0.05, 0) is 24.3 Å². The molecule has 1 aliphatic rings. The minimum absolute atomic E-state index is 0.234. The number of anilines is 1. The quantitative estimate of drug-likeness (QED) is 0.694. The zero-order chi connectivity index (χ0) is 19.2. The van der Waals surface area contributed by atoms with Crippen LogP contribution in [0.1, 0.15) is 20.9 Å². The number of hydrogen-bond donors (Lipinski definition) is 2. The van der Waals surface area contributed by atoms with E-state index in [2.05, 4.69) is 15.3 Å². The summed E-state index contributed by atoms with van der Waals surface area (Å²) < 4.78 is 27.3. The Morgan fingerprint density at radius 1 is 1.33 bits per heavy atom. The zero-order valence-electron chi connectivity index (χ0n) is 14.9. The molecule has 10 heteroatoms. The molecule has 27 heavy (non-hydrogen) atoms. The molecule has 2 aromatic heterocycles. The van der Waals surface area contributed by atoms with Gasteiger partial charge in [-0.25, -0.2) is 4.98 Å². The molecule has 3 aromatic rings. The van der Waals surface area contributed by atoms with E-state index >= 15 is 0 Å². The summed E-state index contributed by atoms with van der Waals surface area (Å²) in [6.07, 6.45) is 2.36. The van der Waals surface area contributed by atoms with Gasteiger partial charge in [0.15, 0.2) is 5.13 Å². The lowest BCUT2D eigenvalue weighted by molar-refractivity contribution is 0.102. The smallest absolute Gasteiger partial charge is 0.281 e. The molecule has 142 valence electrons. The van der Waals surface area contributed by atoms with E-state index in [-0.39, 0.29) is 12.5 Å². The number of fused-ring (bicyclic) bond motifs is 2. The molecular formula is C17H19N5O3S2. The second-order valence-electron chi connectivity index (χ2n) is 6.50. The van der Waals surface area contributed by atoms with Crippen molar-refractivity contribution in [1.29, 1.82) is 0 Å². The Hall–Kier alpha value is -2.27. The number of hydrogen-bond acceptors (Lipinski definition) is 5. The summed E-state index contributed by atoms with van der Waals surface area (Å²) in [6, 6.07) is 7.35. The molecule has 0 aliphatic carbocycles. The maximum atomic E-state index is 12.5. The van der Waals surface area contributed by atoms with E-state index in [1.165, 1.54) is 34.0 Å². The molecule has 0 saturated heterocycles. The van der Waals surface area contributed by atoms with E-state index in [9.17, 15) is 13.2 Å². The first-order valence-corrected chi connectivity index (χ1v) is 10.6. The van der Waals surface area contributed by atoms with E-state index in [1.807, 2.05) is 24.4 Å². The fourth-order valence-corrected chi connectivity index (χ4v) is 5.19. The minimum atomic E-state index is -3.46. The van der Waals surface area contributed by atoms with E-state index in [1.54, 1.807) is 6.07 Å². The summed E-state index contributed by atoms with van der Waals surface area (Å²) in [7, 11) is -0.423. The molecule has 8 nitrogen and oxygen atoms in total. The van der Waals surface area contributed by atoms with Crippen LogP contribution < -0.4 is 5.32 Å². The number of aromatic nitrogens is 2. The van der Waals surface area contributed by atoms with Gasteiger partial charge in [0.25, 0.3) is 16.1 Å². The third-order valence-corrected chi connectivity index (χ3v) is 7.40. The minimum Gasteiger partial charge on any atom is -0.361 e. The Kier molecular flexibility index (Phi) is 4.50. The molecule has 0 atom stereocenters. The van der Waals surface area contributed by atoms with Crippen LogP contribution in [0.5, 0.6) is 0 Å². The standard InChI is InChI=1S/C17H19N5O3S2/c1-21(2)27(24,25)22-8-6-14-15(10-22)26-17(19-14)20-16(23)12-3-4-13-11(9-12)5-7-18-13/h3-5,7,9,18H,6,8,10H2,1-2H3,(H,19,20,23). The van der Waals surface area contributed by atoms with Crippen molar-refractivity contribution in [2.24, 2.45) is 0 Å². The molecule has 0 unspecified atom stereocenters. The van der Waals surface area contributed by atoms with Crippen molar-refractivity contribution in [3.63, 3.8) is 0 Å². The molecule has 2 N–H and O–H groups in total. The van der Waals surface area contributed by atoms with Crippen LogP contribution in [0.25, 0.3) is 10.9 Å². The SMILES string of the molecule is CN(C)S(=O)(=O)N1CCc2nc(NC(=O)c3ccc4[nH]ccc4c3)sc2C1. The topological polar surface area (TPSA) is 98.4 Å². The van der Waals surface area contributed by atoms with E-state index in [0.717, 1.165) is 21.5 Å². The van der Waals surface area contributed by atoms with Crippen LogP contribution in [0.4, 0.5) is 5.13 Å². The lowest BCUT2D eigenvalue weighted by atomic mass is 10.1. The Morgan fingerprint density at radius 3 is 2.93 bits per heavy atom. The van der Waals surface area contributed by atoms with Crippen LogP contribution in [0.2, 0.25) is 0 Å². The Bertz CT molecular complexity index is 1120. The molecular weight excluding hydrogens is 386 g/mol. The van der Waals surface area contributed by atoms with E-state index < -0.39 is 10.2 Å². The maximum Gasteiger partial charge on any atom is 0.281 e. The van der Waals surface area contributed by atoms with Gasteiger partial charge < -0.3 is 4.98 Å². The lowest BCUT2D eigenvalue weighted by Crippen LogP contribution is -2.42. The van der Waals surface area contributed by atoms with Gasteiger partial charge in [-0.1, -0.05) is 0 Å². The van der Waals surface area contributed by atoms with Gasteiger partial charge in [-0.2, -0.15) is 17.0 Å². The van der Waals surface area contributed by atoms with E-state index in [0.29, 0.717) is 23.7 Å². The number of benzene rings is 1. The number of carbonyl (C=O) groups is 1. The van der Waals surface area contributed by atoms with Crippen LogP contribution >= 0.6 is 11.3 Å². The van der Waals surface area contributed by atoms with Crippen molar-refractivity contribution in [3.8, 4) is 0 Å². The number of nitrogens with one attached hydrogen (secondary N) is 2. The average molecular weight is 406 g/mol. The first-order chi connectivity index (χ1) is 12.8. The fourth-order valence-electron chi connectivity index (χ4n) is 3.02. The van der Waals surface area contributed by atoms with Gasteiger partial charge in [0, 0.05) is 54.6 Å². The number of carbonyl (C=O) groups excluding carboxylic acids is 1. The van der Waals surface area contributed by atoms with Gasteiger partial charge in [0.2, 0.25) is 0 Å². The summed E-state index contributed by atoms with van der Waals surface area (Å²) in [5, 5.41) is 4.28. The normalized spacial score (nSPS) is 15.2. The summed E-state index contributed by atoms with van der Waals surface area (Å²) in [6.45, 7) is 0.660. The molecule has 1 aliphatic heterocycles. The molecule has 3 heterocycles. The number of rotatable bonds is 4. The highest BCUT2D eigenvalue weighted by atomic mass is 32.2. The average Bonchev–Trinajstić information content (AvgIpc) is 3.25. The van der Waals surface area contributed by atoms with Gasteiger partial charge in [0.1, 0.15) is 0 Å². The van der Waals surface area contributed by atoms with Crippen molar-refractivity contribution >= 4 is 43.5 Å². The van der Waals surface area contributed by atoms with Crippen LogP contribution in [0.15, 0.2) is 30.5 Å². The predicted molar refractivity (Wildman–Crippen MR) is 105 cm³/mol. The third-order valence-electron chi connectivity index (χ3n) is 4.52. The van der Waals surface area contributed by atoms with E-state index in [4.69, 9.17) is 0 Å². The number of H-pyrrole nitrogens is 1. The highest BCUT2D eigenvalue weighted by Gasteiger charge is 2.30. The maximum absolute atomic E-state index is 12.5. The molecule has 0 spiro atoms. The van der Waals surface area contributed by atoms with Crippen LogP contribution in [-0.2, 0) is 23.2 Å². The number of amides is 1. The Balaban J connectivity index is 1.52. The third kappa shape index (κ3) is 3.36. The Labute approximate surface area is 161 Å². The molecule has 1 amide bonds. The van der Waals surface area contributed by atoms with Crippen molar-refractivity contribution < 1.29 is 13.2 Å². The molecule has 0 fully saturated rings. The highest BCUT2D eigenvalue weighted by Crippen LogP contribution is 2.30.